The molecule has 3 N–H and O–H groups in total. The molecule has 0 aliphatic rings. The van der Waals surface area contributed by atoms with Gasteiger partial charge in [0.1, 0.15) is 11.3 Å². The molecule has 0 aliphatic heterocycles. The Morgan fingerprint density at radius 1 is 1.38 bits per heavy atom. The minimum Gasteiger partial charge on any atom is -0.507 e. The van der Waals surface area contributed by atoms with Gasteiger partial charge in [0.25, 0.3) is 0 Å². The molecule has 0 fully saturated rings. The number of carboxylic acid groups (broad SMARTS) is 1. The van der Waals surface area contributed by atoms with E-state index >= 15 is 0 Å². The Labute approximate surface area is 122 Å². The van der Waals surface area contributed by atoms with E-state index in [2.05, 4.69) is 4.72 Å². The average molecular weight is 319 g/mol. The molecule has 0 heterocycles. The summed E-state index contributed by atoms with van der Waals surface area (Å²) < 4.78 is 36.3. The van der Waals surface area contributed by atoms with E-state index in [1.165, 1.54) is 14.2 Å². The van der Waals surface area contributed by atoms with Gasteiger partial charge < -0.3 is 19.7 Å². The Morgan fingerprint density at radius 2 is 2.05 bits per heavy atom. The molecule has 0 aliphatic carbocycles. The summed E-state index contributed by atoms with van der Waals surface area (Å²) in [5, 5.41) is 18.2. The van der Waals surface area contributed by atoms with E-state index in [0.29, 0.717) is 0 Å². The monoisotopic (exact) mass is 319 g/mol. The van der Waals surface area contributed by atoms with Gasteiger partial charge in [0.15, 0.2) is 0 Å². The first-order chi connectivity index (χ1) is 9.81. The van der Waals surface area contributed by atoms with Gasteiger partial charge in [0.2, 0.25) is 10.0 Å². The zero-order valence-electron chi connectivity index (χ0n) is 11.6. The third-order valence-electron chi connectivity index (χ3n) is 2.70. The minimum absolute atomic E-state index is 0.0318. The summed E-state index contributed by atoms with van der Waals surface area (Å²) in [6.45, 7) is 0.172. The maximum absolute atomic E-state index is 12.1. The van der Waals surface area contributed by atoms with E-state index in [9.17, 15) is 18.3 Å². The fourth-order valence-electron chi connectivity index (χ4n) is 1.54. The van der Waals surface area contributed by atoms with E-state index in [4.69, 9.17) is 14.6 Å². The number of aromatic carboxylic acids is 1. The van der Waals surface area contributed by atoms with Crippen LogP contribution in [0.1, 0.15) is 10.4 Å². The lowest BCUT2D eigenvalue weighted by molar-refractivity contribution is 0.0320. The first-order valence-corrected chi connectivity index (χ1v) is 7.38. The van der Waals surface area contributed by atoms with Crippen LogP contribution in [0.15, 0.2) is 23.1 Å². The first-order valence-electron chi connectivity index (χ1n) is 5.89. The summed E-state index contributed by atoms with van der Waals surface area (Å²) in [6, 6.07) is 3.02. The van der Waals surface area contributed by atoms with Crippen molar-refractivity contribution in [2.45, 2.75) is 11.0 Å². The molecule has 1 unspecified atom stereocenters. The van der Waals surface area contributed by atoms with Crippen molar-refractivity contribution in [3.05, 3.63) is 23.8 Å². The molecule has 21 heavy (non-hydrogen) atoms. The van der Waals surface area contributed by atoms with Gasteiger partial charge in [-0.15, -0.1) is 0 Å². The average Bonchev–Trinajstić information content (AvgIpc) is 2.43. The molecule has 1 rings (SSSR count). The fourth-order valence-corrected chi connectivity index (χ4v) is 2.63. The van der Waals surface area contributed by atoms with Crippen molar-refractivity contribution in [1.29, 1.82) is 0 Å². The molecule has 1 aromatic carbocycles. The largest absolute Gasteiger partial charge is 0.507 e. The number of aromatic hydroxyl groups is 1. The number of phenols is 1. The second kappa shape index (κ2) is 7.36. The summed E-state index contributed by atoms with van der Waals surface area (Å²) in [4.78, 5) is 10.6. The predicted octanol–water partition coefficient (Wildman–Crippen LogP) is 0.0301. The van der Waals surface area contributed by atoms with Crippen molar-refractivity contribution in [3.63, 3.8) is 0 Å². The lowest BCUT2D eigenvalue weighted by Crippen LogP contribution is -2.35. The Bertz CT molecular complexity index is 600. The van der Waals surface area contributed by atoms with Crippen LogP contribution in [0.3, 0.4) is 0 Å². The number of sulfonamides is 1. The molecule has 9 heteroatoms. The van der Waals surface area contributed by atoms with E-state index in [1.54, 1.807) is 0 Å². The van der Waals surface area contributed by atoms with Gasteiger partial charge >= 0.3 is 5.97 Å². The number of carbonyl (C=O) groups is 1. The lowest BCUT2D eigenvalue weighted by atomic mass is 10.2. The topological polar surface area (TPSA) is 122 Å². The third-order valence-corrected chi connectivity index (χ3v) is 4.12. The maximum atomic E-state index is 12.1. The SMILES string of the molecule is COCC(CNS(=O)(=O)c1ccc(O)c(C(=O)O)c1)OC. The predicted molar refractivity (Wildman–Crippen MR) is 72.9 cm³/mol. The maximum Gasteiger partial charge on any atom is 0.339 e. The number of hydrogen-bond donors (Lipinski definition) is 3. The van der Waals surface area contributed by atoms with Gasteiger partial charge in [-0.25, -0.2) is 17.9 Å². The van der Waals surface area contributed by atoms with Crippen molar-refractivity contribution < 1.29 is 32.9 Å². The summed E-state index contributed by atoms with van der Waals surface area (Å²) in [7, 11) is -1.04. The van der Waals surface area contributed by atoms with Crippen molar-refractivity contribution in [1.82, 2.24) is 4.72 Å². The minimum atomic E-state index is -3.92. The van der Waals surface area contributed by atoms with Gasteiger partial charge in [-0.2, -0.15) is 0 Å². The molecule has 0 radical (unpaired) electrons. The van der Waals surface area contributed by atoms with Crippen LogP contribution < -0.4 is 4.72 Å². The van der Waals surface area contributed by atoms with Gasteiger partial charge in [0, 0.05) is 20.8 Å². The molecule has 0 amide bonds. The first kappa shape index (κ1) is 17.4. The number of carboxylic acids is 1. The molecule has 0 saturated heterocycles. The van der Waals surface area contributed by atoms with Crippen LogP contribution in [0.5, 0.6) is 5.75 Å². The second-order valence-electron chi connectivity index (χ2n) is 4.15. The number of methoxy groups -OCH3 is 2. The van der Waals surface area contributed by atoms with Gasteiger partial charge in [0.05, 0.1) is 17.6 Å². The normalized spacial score (nSPS) is 13.0. The highest BCUT2D eigenvalue weighted by molar-refractivity contribution is 7.89. The molecule has 1 aromatic rings. The Hall–Kier alpha value is -1.68. The van der Waals surface area contributed by atoms with Crippen LogP contribution in [-0.2, 0) is 19.5 Å². The number of nitrogens with one attached hydrogen (secondary N) is 1. The number of benzene rings is 1. The van der Waals surface area contributed by atoms with E-state index in [-0.39, 0.29) is 18.0 Å². The van der Waals surface area contributed by atoms with E-state index < -0.39 is 33.4 Å². The zero-order valence-corrected chi connectivity index (χ0v) is 12.4. The molecule has 0 spiro atoms. The highest BCUT2D eigenvalue weighted by Gasteiger charge is 2.20. The standard InChI is InChI=1S/C12H17NO7S/c1-19-7-8(20-2)6-13-21(17,18)9-3-4-11(14)10(5-9)12(15)16/h3-5,8,13-14H,6-7H2,1-2H3,(H,15,16). The van der Waals surface area contributed by atoms with E-state index in [0.717, 1.165) is 18.2 Å². The van der Waals surface area contributed by atoms with Crippen LogP contribution in [0.4, 0.5) is 0 Å². The lowest BCUT2D eigenvalue weighted by Gasteiger charge is -2.15. The summed E-state index contributed by atoms with van der Waals surface area (Å²) in [6.07, 6.45) is -0.471. The Morgan fingerprint density at radius 3 is 2.57 bits per heavy atom. The third kappa shape index (κ3) is 4.67. The molecule has 0 bridgehead atoms. The molecular weight excluding hydrogens is 302 g/mol. The van der Waals surface area contributed by atoms with E-state index in [1.807, 2.05) is 0 Å². The highest BCUT2D eigenvalue weighted by atomic mass is 32.2. The molecule has 0 aromatic heterocycles. The summed E-state index contributed by atoms with van der Waals surface area (Å²) in [5.41, 5.74) is -0.488. The molecule has 118 valence electrons. The summed E-state index contributed by atoms with van der Waals surface area (Å²) in [5.74, 6) is -1.92. The van der Waals surface area contributed by atoms with Crippen molar-refractivity contribution in [3.8, 4) is 5.75 Å². The van der Waals surface area contributed by atoms with Crippen molar-refractivity contribution >= 4 is 16.0 Å². The van der Waals surface area contributed by atoms with Crippen LogP contribution in [-0.4, -0.2) is 58.1 Å². The highest BCUT2D eigenvalue weighted by Crippen LogP contribution is 2.21. The number of hydrogen-bond acceptors (Lipinski definition) is 6. The van der Waals surface area contributed by atoms with Gasteiger partial charge in [-0.1, -0.05) is 0 Å². The molecule has 1 atom stereocenters. The zero-order chi connectivity index (χ0) is 16.0. The van der Waals surface area contributed by atoms with Crippen LogP contribution in [0.2, 0.25) is 0 Å². The van der Waals surface area contributed by atoms with Gasteiger partial charge in [-0.05, 0) is 18.2 Å². The van der Waals surface area contributed by atoms with Crippen molar-refractivity contribution in [2.24, 2.45) is 0 Å². The smallest absolute Gasteiger partial charge is 0.339 e. The molecule has 8 nitrogen and oxygen atoms in total. The Kier molecular flexibility index (Phi) is 6.09. The second-order valence-corrected chi connectivity index (χ2v) is 5.92. The quantitative estimate of drug-likeness (QED) is 0.618. The molecule has 0 saturated carbocycles. The van der Waals surface area contributed by atoms with Crippen molar-refractivity contribution in [2.75, 3.05) is 27.4 Å². The number of rotatable bonds is 8. The van der Waals surface area contributed by atoms with Crippen LogP contribution in [0.25, 0.3) is 0 Å². The van der Waals surface area contributed by atoms with Crippen LogP contribution in [0, 0.1) is 0 Å². The van der Waals surface area contributed by atoms with Crippen LogP contribution >= 0.6 is 0 Å². The number of ether oxygens (including phenoxy) is 2. The molecular formula is C12H17NO7S. The van der Waals surface area contributed by atoms with Gasteiger partial charge in [-0.3, -0.25) is 0 Å². The Balaban J connectivity index is 2.93. The fraction of sp³-hybridized carbons (Fsp3) is 0.417. The summed E-state index contributed by atoms with van der Waals surface area (Å²) >= 11 is 0.